The summed E-state index contributed by atoms with van der Waals surface area (Å²) in [5.74, 6) is -2.47. The van der Waals surface area contributed by atoms with Crippen molar-refractivity contribution in [2.45, 2.75) is 147 Å². The maximum atomic E-state index is 10.6. The summed E-state index contributed by atoms with van der Waals surface area (Å²) in [5, 5.41) is 174. The van der Waals surface area contributed by atoms with Crippen LogP contribution in [0.15, 0.2) is 0 Å². The molecule has 26 heteroatoms. The van der Waals surface area contributed by atoms with E-state index in [0.29, 0.717) is 0 Å². The van der Waals surface area contributed by atoms with E-state index in [1.54, 1.807) is 0 Å². The zero-order valence-corrected chi connectivity index (χ0v) is 29.3. The largest absolute Gasteiger partial charge is 0.394 e. The second-order valence-corrected chi connectivity index (χ2v) is 14.1. The van der Waals surface area contributed by atoms with Crippen molar-refractivity contribution in [3.63, 3.8) is 0 Å². The van der Waals surface area contributed by atoms with Crippen LogP contribution in [-0.2, 0) is 42.6 Å². The predicted octanol–water partition coefficient (Wildman–Crippen LogP) is -11.9. The molecule has 56 heavy (non-hydrogen) atoms. The molecule has 328 valence electrons. The summed E-state index contributed by atoms with van der Waals surface area (Å²) in [5.41, 5.74) is 0. The molecule has 0 aromatic rings. The molecule has 5 fully saturated rings. The number of hydrogen-bond donors (Lipinski definition) is 17. The average molecular weight is 829 g/mol. The summed E-state index contributed by atoms with van der Waals surface area (Å²) in [7, 11) is 0. The minimum atomic E-state index is -2.47. The Kier molecular flexibility index (Phi) is 15.7. The molecule has 0 saturated carbocycles. The summed E-state index contributed by atoms with van der Waals surface area (Å²) in [6.07, 6.45) is -41.3. The third-order valence-corrected chi connectivity index (χ3v) is 10.4. The molecular weight excluding hydrogens is 776 g/mol. The smallest absolute Gasteiger partial charge is 0.224 e. The third-order valence-electron chi connectivity index (χ3n) is 10.4. The lowest BCUT2D eigenvalue weighted by Gasteiger charge is -2.45. The van der Waals surface area contributed by atoms with Crippen molar-refractivity contribution in [2.24, 2.45) is 0 Å². The molecule has 0 bridgehead atoms. The highest BCUT2D eigenvalue weighted by Gasteiger charge is 2.59. The van der Waals surface area contributed by atoms with Gasteiger partial charge in [0, 0.05) is 0 Å². The van der Waals surface area contributed by atoms with Crippen LogP contribution in [0.5, 0.6) is 0 Å². The van der Waals surface area contributed by atoms with Crippen molar-refractivity contribution in [1.82, 2.24) is 0 Å². The van der Waals surface area contributed by atoms with Crippen LogP contribution in [0.3, 0.4) is 0 Å². The van der Waals surface area contributed by atoms with Crippen LogP contribution >= 0.6 is 0 Å². The molecule has 0 spiro atoms. The Bertz CT molecular complexity index is 1220. The van der Waals surface area contributed by atoms with Crippen molar-refractivity contribution < 1.29 is 129 Å². The molecule has 0 amide bonds. The first kappa shape index (κ1) is 46.0. The molecule has 0 aromatic carbocycles. The Morgan fingerprint density at radius 3 is 1.02 bits per heavy atom. The summed E-state index contributed by atoms with van der Waals surface area (Å²) in [4.78, 5) is 0. The Morgan fingerprint density at radius 1 is 0.357 bits per heavy atom. The second-order valence-electron chi connectivity index (χ2n) is 14.1. The first-order valence-electron chi connectivity index (χ1n) is 17.6. The average Bonchev–Trinajstić information content (AvgIpc) is 3.43. The lowest BCUT2D eigenvalue weighted by atomic mass is 9.97. The monoisotopic (exact) mass is 828 g/mol. The molecule has 24 atom stereocenters. The van der Waals surface area contributed by atoms with Crippen LogP contribution in [0.25, 0.3) is 0 Å². The molecule has 0 radical (unpaired) electrons. The number of aliphatic hydroxyl groups is 17. The lowest BCUT2D eigenvalue weighted by molar-refractivity contribution is -0.388. The van der Waals surface area contributed by atoms with Gasteiger partial charge in [-0.3, -0.25) is 0 Å². The Labute approximate surface area is 316 Å². The summed E-state index contributed by atoms with van der Waals surface area (Å²) >= 11 is 0. The van der Waals surface area contributed by atoms with Crippen molar-refractivity contribution in [2.75, 3.05) is 39.6 Å². The molecule has 0 aromatic heterocycles. The van der Waals surface area contributed by atoms with Crippen LogP contribution in [0, 0.1) is 0 Å². The molecular formula is C30H52O26. The maximum Gasteiger partial charge on any atom is 0.224 e. The SMILES string of the molecule is OC[C@H]1O[C@H](OC[C@H]2O[C@H](OC[C@H]3O[C@H](OC[C@H]4O[C@H](O[C@@]5(CO)O[C@H](CO)[C@@H](O)[C@@H]5O)[C@H](O)[C@@H](O)[C@@H]4O)[C@H](O)[C@@H](O)[C@H]3O)[C@H](O)[C@@H](O)[C@H]2O)[C@H](O)[C@@H](O)[C@H]1O. The molecule has 0 unspecified atom stereocenters. The van der Waals surface area contributed by atoms with Crippen molar-refractivity contribution in [1.29, 1.82) is 0 Å². The van der Waals surface area contributed by atoms with Gasteiger partial charge in [-0.05, 0) is 0 Å². The zero-order valence-electron chi connectivity index (χ0n) is 29.3. The van der Waals surface area contributed by atoms with Crippen LogP contribution in [-0.4, -0.2) is 273 Å². The van der Waals surface area contributed by atoms with Crippen molar-refractivity contribution in [3.8, 4) is 0 Å². The van der Waals surface area contributed by atoms with Gasteiger partial charge in [-0.25, -0.2) is 0 Å². The van der Waals surface area contributed by atoms with Gasteiger partial charge < -0.3 is 129 Å². The van der Waals surface area contributed by atoms with Gasteiger partial charge in [0.05, 0.1) is 33.0 Å². The van der Waals surface area contributed by atoms with E-state index in [1.807, 2.05) is 0 Å². The van der Waals surface area contributed by atoms with Crippen molar-refractivity contribution in [3.05, 3.63) is 0 Å². The number of aliphatic hydroxyl groups excluding tert-OH is 17. The molecule has 5 heterocycles. The molecule has 5 aliphatic rings. The van der Waals surface area contributed by atoms with Gasteiger partial charge in [0.2, 0.25) is 5.79 Å². The van der Waals surface area contributed by atoms with Gasteiger partial charge in [0.25, 0.3) is 0 Å². The van der Waals surface area contributed by atoms with E-state index in [2.05, 4.69) is 0 Å². The van der Waals surface area contributed by atoms with Crippen LogP contribution in [0.1, 0.15) is 0 Å². The number of ether oxygens (including phenoxy) is 9. The standard InChI is InChI=1S/C30H52O26/c31-1-7-12(34)17(39)21(43)26(51-7)48-3-9-13(35)18(40)22(44)27(52-9)49-4-10-14(36)19(41)23(45)28(53-10)50-5-11-15(37)20(42)24(46)29(54-11)56-30(6-33)25(47)16(38)8(2-32)55-30/h7-29,31-47H,1-6H2/t7-,8-,9-,10-,11-,12+,13+,14+,15-,16-,17+,18+,19+,20+,21-,22-,23-,24-,25+,26+,27+,28+,29-,30-/m1/s1. The molecule has 5 rings (SSSR count). The Morgan fingerprint density at radius 2 is 0.679 bits per heavy atom. The lowest BCUT2D eigenvalue weighted by Crippen LogP contribution is -2.64. The molecule has 5 aliphatic heterocycles. The Hall–Kier alpha value is -1.04. The van der Waals surface area contributed by atoms with Crippen LogP contribution < -0.4 is 0 Å². The highest BCUT2D eigenvalue weighted by molar-refractivity contribution is 4.99. The summed E-state index contributed by atoms with van der Waals surface area (Å²) < 4.78 is 48.8. The number of rotatable bonds is 14. The van der Waals surface area contributed by atoms with Gasteiger partial charge >= 0.3 is 0 Å². The fraction of sp³-hybridized carbons (Fsp3) is 1.00. The Balaban J connectivity index is 1.18. The fourth-order valence-corrected chi connectivity index (χ4v) is 6.78. The van der Waals surface area contributed by atoms with E-state index in [-0.39, 0.29) is 0 Å². The van der Waals surface area contributed by atoms with E-state index in [4.69, 9.17) is 42.6 Å². The van der Waals surface area contributed by atoms with E-state index in [1.165, 1.54) is 0 Å². The summed E-state index contributed by atoms with van der Waals surface area (Å²) in [6, 6.07) is 0. The minimum absolute atomic E-state index is 0.677. The molecule has 26 nitrogen and oxygen atoms in total. The zero-order chi connectivity index (χ0) is 41.4. The molecule has 17 N–H and O–H groups in total. The highest BCUT2D eigenvalue weighted by Crippen LogP contribution is 2.36. The predicted molar refractivity (Wildman–Crippen MR) is 167 cm³/mol. The van der Waals surface area contributed by atoms with E-state index < -0.39 is 187 Å². The first-order chi connectivity index (χ1) is 26.4. The third kappa shape index (κ3) is 9.16. The number of hydrogen-bond acceptors (Lipinski definition) is 26. The van der Waals surface area contributed by atoms with Gasteiger partial charge in [0.1, 0.15) is 123 Å². The van der Waals surface area contributed by atoms with Gasteiger partial charge in [-0.2, -0.15) is 0 Å². The molecule has 5 saturated heterocycles. The fourth-order valence-electron chi connectivity index (χ4n) is 6.78. The quantitative estimate of drug-likeness (QED) is 0.0773. The maximum absolute atomic E-state index is 10.6. The van der Waals surface area contributed by atoms with Gasteiger partial charge in [0.15, 0.2) is 25.2 Å². The minimum Gasteiger partial charge on any atom is -0.394 e. The van der Waals surface area contributed by atoms with Crippen LogP contribution in [0.2, 0.25) is 0 Å². The van der Waals surface area contributed by atoms with E-state index in [0.717, 1.165) is 0 Å². The first-order valence-corrected chi connectivity index (χ1v) is 17.6. The van der Waals surface area contributed by atoms with Gasteiger partial charge in [-0.1, -0.05) is 0 Å². The van der Waals surface area contributed by atoms with Crippen LogP contribution in [0.4, 0.5) is 0 Å². The molecule has 0 aliphatic carbocycles. The normalized spacial score (nSPS) is 53.0. The van der Waals surface area contributed by atoms with Gasteiger partial charge in [-0.15, -0.1) is 0 Å². The highest BCUT2D eigenvalue weighted by atomic mass is 16.8. The summed E-state index contributed by atoms with van der Waals surface area (Å²) in [6.45, 7) is -4.94. The van der Waals surface area contributed by atoms with E-state index in [9.17, 15) is 86.8 Å². The van der Waals surface area contributed by atoms with Crippen molar-refractivity contribution >= 4 is 0 Å². The second kappa shape index (κ2) is 19.1. The van der Waals surface area contributed by atoms with E-state index >= 15 is 0 Å². The topological polar surface area (TPSA) is 427 Å².